The molecule has 1 atom stereocenters. The molecule has 2 aromatic rings. The van der Waals surface area contributed by atoms with E-state index in [2.05, 4.69) is 28.2 Å². The number of halogens is 2. The average molecular weight is 704 g/mol. The summed E-state index contributed by atoms with van der Waals surface area (Å²) in [5.74, 6) is -0.485. The van der Waals surface area contributed by atoms with Crippen LogP contribution in [0.5, 0.6) is 5.75 Å². The van der Waals surface area contributed by atoms with Gasteiger partial charge in [0.1, 0.15) is 0 Å². The molecule has 0 aliphatic carbocycles. The summed E-state index contributed by atoms with van der Waals surface area (Å²) in [6, 6.07) is 11.7. The molecule has 0 radical (unpaired) electrons. The Bertz CT molecular complexity index is 1380. The Kier molecular flexibility index (Phi) is 12.7. The number of aromatic hydroxyl groups is 1. The number of hydrogen-bond donors (Lipinski definition) is 2. The van der Waals surface area contributed by atoms with Crippen molar-refractivity contribution < 1.29 is 24.2 Å². The molecular weight excluding hydrogens is 655 g/mol. The summed E-state index contributed by atoms with van der Waals surface area (Å²) in [6.07, 6.45) is 3.52. The summed E-state index contributed by atoms with van der Waals surface area (Å²) >= 11 is 12.4. The van der Waals surface area contributed by atoms with Crippen LogP contribution in [0.25, 0.3) is 0 Å². The van der Waals surface area contributed by atoms with Crippen molar-refractivity contribution in [3.63, 3.8) is 0 Å². The first-order valence-corrected chi connectivity index (χ1v) is 17.7. The molecule has 0 aromatic heterocycles. The van der Waals surface area contributed by atoms with Crippen molar-refractivity contribution in [1.82, 2.24) is 24.5 Å². The maximum absolute atomic E-state index is 13.9. The van der Waals surface area contributed by atoms with Crippen LogP contribution in [0.2, 0.25) is 10.0 Å². The Morgan fingerprint density at radius 1 is 0.979 bits per heavy atom. The second kappa shape index (κ2) is 16.9. The molecule has 262 valence electrons. The molecule has 0 bridgehead atoms. The normalized spacial score (nSPS) is 19.2. The van der Waals surface area contributed by atoms with Crippen molar-refractivity contribution in [3.05, 3.63) is 57.6 Å². The van der Waals surface area contributed by atoms with E-state index in [4.69, 9.17) is 27.9 Å². The van der Waals surface area contributed by atoms with Crippen LogP contribution in [0.3, 0.4) is 0 Å². The molecule has 3 aliphatic heterocycles. The molecule has 3 saturated heterocycles. The number of phenols is 1. The molecule has 0 saturated carbocycles. The summed E-state index contributed by atoms with van der Waals surface area (Å²) in [4.78, 5) is 49.6. The van der Waals surface area contributed by atoms with Gasteiger partial charge in [-0.15, -0.1) is 0 Å². The summed E-state index contributed by atoms with van der Waals surface area (Å²) < 4.78 is 5.96. The topological polar surface area (TPSA) is 109 Å². The van der Waals surface area contributed by atoms with Crippen molar-refractivity contribution in [2.45, 2.75) is 56.7 Å². The van der Waals surface area contributed by atoms with Gasteiger partial charge in [-0.3, -0.25) is 14.5 Å². The Morgan fingerprint density at radius 2 is 1.62 bits per heavy atom. The highest BCUT2D eigenvalue weighted by Crippen LogP contribution is 2.33. The highest BCUT2D eigenvalue weighted by atomic mass is 35.5. The van der Waals surface area contributed by atoms with Crippen molar-refractivity contribution in [1.29, 1.82) is 0 Å². The van der Waals surface area contributed by atoms with E-state index >= 15 is 0 Å². The van der Waals surface area contributed by atoms with Gasteiger partial charge in [-0.25, -0.2) is 4.79 Å². The molecule has 0 unspecified atom stereocenters. The van der Waals surface area contributed by atoms with Crippen molar-refractivity contribution in [2.75, 3.05) is 78.3 Å². The number of nitrogens with zero attached hydrogens (tertiary/aromatic N) is 5. The van der Waals surface area contributed by atoms with Crippen LogP contribution in [0, 0.1) is 0 Å². The van der Waals surface area contributed by atoms with Crippen molar-refractivity contribution in [2.24, 2.45) is 0 Å². The standard InChI is InChI=1S/C35H48Cl2N6O5/c1-38-31-6-4-3-5-26(31)7-14-43(24-44)28-10-15-42(16-11-28)35(47)48-32(23-25-21-29(36)33(45)30(37)22-25)34(46)41-19-17-40(18-20-41)27-8-12-39(2)13-9-27/h3-6,21-22,24,27-28,32,38,45H,7-20,23H2,1-2H3/t32-/m1/s1. The van der Waals surface area contributed by atoms with E-state index in [1.165, 1.54) is 0 Å². The summed E-state index contributed by atoms with van der Waals surface area (Å²) in [6.45, 7) is 6.23. The number of ether oxygens (including phenoxy) is 1. The van der Waals surface area contributed by atoms with E-state index < -0.39 is 12.2 Å². The average Bonchev–Trinajstić information content (AvgIpc) is 3.11. The van der Waals surface area contributed by atoms with Gasteiger partial charge in [0.05, 0.1) is 10.0 Å². The first-order chi connectivity index (χ1) is 23.2. The third kappa shape index (κ3) is 9.05. The van der Waals surface area contributed by atoms with Gasteiger partial charge in [0.15, 0.2) is 11.9 Å². The number of nitrogens with one attached hydrogen (secondary N) is 1. The highest BCUT2D eigenvalue weighted by molar-refractivity contribution is 6.37. The van der Waals surface area contributed by atoms with E-state index in [9.17, 15) is 19.5 Å². The number of carbonyl (C=O) groups excluding carboxylic acids is 3. The number of para-hydroxylation sites is 1. The van der Waals surface area contributed by atoms with E-state index in [0.717, 1.165) is 63.1 Å². The molecule has 3 amide bonds. The Hall–Kier alpha value is -3.25. The fourth-order valence-electron chi connectivity index (χ4n) is 7.13. The molecule has 11 nitrogen and oxygen atoms in total. The summed E-state index contributed by atoms with van der Waals surface area (Å²) in [7, 11) is 4.03. The van der Waals surface area contributed by atoms with Crippen LogP contribution in [-0.4, -0.2) is 139 Å². The molecule has 3 fully saturated rings. The zero-order valence-electron chi connectivity index (χ0n) is 28.0. The first-order valence-electron chi connectivity index (χ1n) is 17.0. The molecule has 5 rings (SSSR count). The molecule has 13 heteroatoms. The molecule has 2 N–H and O–H groups in total. The number of anilines is 1. The number of hydrogen-bond acceptors (Lipinski definition) is 8. The fraction of sp³-hybridized carbons (Fsp3) is 0.571. The maximum Gasteiger partial charge on any atom is 0.410 e. The van der Waals surface area contributed by atoms with E-state index in [-0.39, 0.29) is 34.2 Å². The van der Waals surface area contributed by atoms with Crippen LogP contribution in [0.4, 0.5) is 10.5 Å². The van der Waals surface area contributed by atoms with Crippen LogP contribution in [-0.2, 0) is 27.2 Å². The van der Waals surface area contributed by atoms with Gasteiger partial charge in [-0.2, -0.15) is 0 Å². The monoisotopic (exact) mass is 702 g/mol. The van der Waals surface area contributed by atoms with E-state index in [1.54, 1.807) is 21.9 Å². The number of likely N-dealkylation sites (tertiary alicyclic amines) is 2. The predicted octanol–water partition coefficient (Wildman–Crippen LogP) is 4.19. The lowest BCUT2D eigenvalue weighted by Crippen LogP contribution is -2.56. The minimum Gasteiger partial charge on any atom is -0.505 e. The van der Waals surface area contributed by atoms with Gasteiger partial charge in [-0.1, -0.05) is 41.4 Å². The Balaban J connectivity index is 1.19. The largest absolute Gasteiger partial charge is 0.505 e. The second-order valence-electron chi connectivity index (χ2n) is 13.1. The van der Waals surface area contributed by atoms with E-state index in [1.807, 2.05) is 30.1 Å². The van der Waals surface area contributed by atoms with Gasteiger partial charge >= 0.3 is 6.09 Å². The number of amides is 3. The molecule has 0 spiro atoms. The second-order valence-corrected chi connectivity index (χ2v) is 13.9. The minimum absolute atomic E-state index is 0.00728. The predicted molar refractivity (Wildman–Crippen MR) is 188 cm³/mol. The third-order valence-electron chi connectivity index (χ3n) is 10.1. The lowest BCUT2D eigenvalue weighted by molar-refractivity contribution is -0.143. The van der Waals surface area contributed by atoms with Gasteiger partial charge in [0.2, 0.25) is 6.41 Å². The van der Waals surface area contributed by atoms with Crippen molar-refractivity contribution >= 4 is 47.3 Å². The molecule has 3 aliphatic rings. The lowest BCUT2D eigenvalue weighted by atomic mass is 10.0. The fourth-order valence-corrected chi connectivity index (χ4v) is 7.66. The van der Waals surface area contributed by atoms with Gasteiger partial charge in [0.25, 0.3) is 5.91 Å². The SMILES string of the molecule is CNc1ccccc1CCN(C=O)C1CCN(C(=O)O[C@H](Cc2cc(Cl)c(O)c(Cl)c2)C(=O)N2CCN(C3CCN(C)CC3)CC2)CC1. The quantitative estimate of drug-likeness (QED) is 0.336. The molecule has 48 heavy (non-hydrogen) atoms. The zero-order valence-corrected chi connectivity index (χ0v) is 29.5. The van der Waals surface area contributed by atoms with Crippen LogP contribution < -0.4 is 5.32 Å². The Morgan fingerprint density at radius 3 is 2.25 bits per heavy atom. The van der Waals surface area contributed by atoms with Gasteiger partial charge in [-0.05, 0) is 81.6 Å². The number of piperidine rings is 2. The van der Waals surface area contributed by atoms with Gasteiger partial charge in [0, 0.05) is 77.1 Å². The summed E-state index contributed by atoms with van der Waals surface area (Å²) in [5.41, 5.74) is 2.77. The number of benzene rings is 2. The van der Waals surface area contributed by atoms with Crippen LogP contribution in [0.15, 0.2) is 36.4 Å². The summed E-state index contributed by atoms with van der Waals surface area (Å²) in [5, 5.41) is 13.4. The van der Waals surface area contributed by atoms with Gasteiger partial charge < -0.3 is 34.8 Å². The number of phenolic OH excluding ortho intramolecular Hbond substituents is 1. The third-order valence-corrected chi connectivity index (χ3v) is 10.7. The molecule has 2 aromatic carbocycles. The maximum atomic E-state index is 13.9. The van der Waals surface area contributed by atoms with Crippen LogP contribution in [0.1, 0.15) is 36.8 Å². The lowest BCUT2D eigenvalue weighted by Gasteiger charge is -2.42. The number of piperazine rings is 1. The first kappa shape index (κ1) is 36.0. The smallest absolute Gasteiger partial charge is 0.410 e. The highest BCUT2D eigenvalue weighted by Gasteiger charge is 2.35. The molecular formula is C35H48Cl2N6O5. The zero-order chi connectivity index (χ0) is 34.2. The van der Waals surface area contributed by atoms with Crippen LogP contribution >= 0.6 is 23.2 Å². The number of carbonyl (C=O) groups is 3. The Labute approximate surface area is 293 Å². The number of rotatable bonds is 11. The van der Waals surface area contributed by atoms with E-state index in [0.29, 0.717) is 57.2 Å². The minimum atomic E-state index is -1.08. The van der Waals surface area contributed by atoms with Crippen molar-refractivity contribution in [3.8, 4) is 5.75 Å². The molecule has 3 heterocycles.